The Morgan fingerprint density at radius 1 is 1.00 bits per heavy atom. The molecule has 1 aliphatic rings. The van der Waals surface area contributed by atoms with Crippen LogP contribution in [0.5, 0.6) is 5.75 Å². The molecule has 0 unspecified atom stereocenters. The van der Waals surface area contributed by atoms with Gasteiger partial charge in [-0.25, -0.2) is 4.79 Å². The van der Waals surface area contributed by atoms with Crippen LogP contribution >= 0.6 is 12.2 Å². The van der Waals surface area contributed by atoms with E-state index in [-0.39, 0.29) is 23.1 Å². The fourth-order valence-corrected chi connectivity index (χ4v) is 3.40. The zero-order valence-electron chi connectivity index (χ0n) is 16.3. The molecular weight excluding hydrogens is 388 g/mol. The molecule has 1 aliphatic carbocycles. The maximum atomic E-state index is 12.3. The molecule has 3 rings (SSSR count). The Morgan fingerprint density at radius 2 is 1.72 bits per heavy atom. The van der Waals surface area contributed by atoms with Crippen molar-refractivity contribution in [2.45, 2.75) is 38.2 Å². The molecule has 0 aromatic heterocycles. The molecule has 1 saturated carbocycles. The molecule has 1 amide bonds. The summed E-state index contributed by atoms with van der Waals surface area (Å²) in [6.07, 6.45) is 5.33. The number of carbonyl (C=O) groups excluding carboxylic acids is 2. The first-order valence-electron chi connectivity index (χ1n) is 9.62. The predicted molar refractivity (Wildman–Crippen MR) is 115 cm³/mol. The third-order valence-electron chi connectivity index (χ3n) is 4.76. The van der Waals surface area contributed by atoms with Gasteiger partial charge < -0.3 is 14.8 Å². The molecule has 0 spiro atoms. The summed E-state index contributed by atoms with van der Waals surface area (Å²) < 4.78 is 10.7. The third-order valence-corrected chi connectivity index (χ3v) is 4.97. The molecule has 6 nitrogen and oxygen atoms in total. The second kappa shape index (κ2) is 10.0. The van der Waals surface area contributed by atoms with E-state index in [0.29, 0.717) is 22.6 Å². The minimum absolute atomic E-state index is 0.0217. The highest BCUT2D eigenvalue weighted by atomic mass is 32.1. The van der Waals surface area contributed by atoms with Crippen molar-refractivity contribution in [2.24, 2.45) is 0 Å². The summed E-state index contributed by atoms with van der Waals surface area (Å²) in [5.41, 5.74) is 1.59. The van der Waals surface area contributed by atoms with Crippen molar-refractivity contribution < 1.29 is 19.1 Å². The first-order chi connectivity index (χ1) is 14.0. The van der Waals surface area contributed by atoms with Crippen LogP contribution in [-0.2, 0) is 4.74 Å². The van der Waals surface area contributed by atoms with Crippen LogP contribution in [0.3, 0.4) is 0 Å². The lowest BCUT2D eigenvalue weighted by Gasteiger charge is -2.21. The molecule has 0 saturated heterocycles. The lowest BCUT2D eigenvalue weighted by molar-refractivity contribution is 0.0211. The van der Waals surface area contributed by atoms with E-state index in [1.807, 2.05) is 0 Å². The Labute approximate surface area is 175 Å². The number of amides is 1. The largest absolute Gasteiger partial charge is 0.497 e. The summed E-state index contributed by atoms with van der Waals surface area (Å²) >= 11 is 5.20. The molecular formula is C22H24N2O4S. The molecule has 0 radical (unpaired) electrons. The van der Waals surface area contributed by atoms with Gasteiger partial charge in [0.05, 0.1) is 12.7 Å². The Balaban J connectivity index is 1.52. The maximum Gasteiger partial charge on any atom is 0.338 e. The van der Waals surface area contributed by atoms with Crippen molar-refractivity contribution in [3.05, 3.63) is 59.7 Å². The highest BCUT2D eigenvalue weighted by Crippen LogP contribution is 2.22. The van der Waals surface area contributed by atoms with Crippen LogP contribution in [0.2, 0.25) is 0 Å². The van der Waals surface area contributed by atoms with Gasteiger partial charge in [0.2, 0.25) is 0 Å². The zero-order chi connectivity index (χ0) is 20.6. The topological polar surface area (TPSA) is 76.7 Å². The van der Waals surface area contributed by atoms with Gasteiger partial charge in [-0.1, -0.05) is 12.5 Å². The van der Waals surface area contributed by atoms with Crippen molar-refractivity contribution in [3.8, 4) is 5.75 Å². The lowest BCUT2D eigenvalue weighted by atomic mass is 9.98. The van der Waals surface area contributed by atoms with Crippen LogP contribution in [0.1, 0.15) is 52.8 Å². The minimum Gasteiger partial charge on any atom is -0.497 e. The summed E-state index contributed by atoms with van der Waals surface area (Å²) in [6.45, 7) is 0. The third kappa shape index (κ3) is 6.02. The minimum atomic E-state index is -0.339. The van der Waals surface area contributed by atoms with E-state index in [1.54, 1.807) is 48.5 Å². The molecule has 0 bridgehead atoms. The van der Waals surface area contributed by atoms with E-state index in [0.717, 1.165) is 25.7 Å². The van der Waals surface area contributed by atoms with Crippen LogP contribution < -0.4 is 15.4 Å². The smallest absolute Gasteiger partial charge is 0.338 e. The summed E-state index contributed by atoms with van der Waals surface area (Å²) in [6, 6.07) is 13.6. The number of esters is 1. The molecule has 0 heterocycles. The molecule has 0 atom stereocenters. The van der Waals surface area contributed by atoms with E-state index < -0.39 is 0 Å². The van der Waals surface area contributed by atoms with Crippen molar-refractivity contribution in [2.75, 3.05) is 12.4 Å². The molecule has 1 fully saturated rings. The second-order valence-corrected chi connectivity index (χ2v) is 7.29. The number of carbonyl (C=O) groups is 2. The Hall–Kier alpha value is -2.93. The van der Waals surface area contributed by atoms with Gasteiger partial charge in [-0.15, -0.1) is 0 Å². The van der Waals surface area contributed by atoms with Crippen molar-refractivity contribution in [1.82, 2.24) is 5.32 Å². The first kappa shape index (κ1) is 20.8. The highest BCUT2D eigenvalue weighted by Gasteiger charge is 2.18. The van der Waals surface area contributed by atoms with Crippen LogP contribution in [-0.4, -0.2) is 30.2 Å². The SMILES string of the molecule is COc1cccc(C(=O)NC(=S)Nc2ccc(C(=O)OC3CCCCC3)cc2)c1. The van der Waals surface area contributed by atoms with Gasteiger partial charge in [-0.3, -0.25) is 10.1 Å². The fourth-order valence-electron chi connectivity index (χ4n) is 3.19. The fraction of sp³-hybridized carbons (Fsp3) is 0.318. The van der Waals surface area contributed by atoms with Gasteiger partial charge in [0.15, 0.2) is 5.11 Å². The molecule has 2 N–H and O–H groups in total. The van der Waals surface area contributed by atoms with Crippen LogP contribution in [0.25, 0.3) is 0 Å². The molecule has 2 aromatic rings. The van der Waals surface area contributed by atoms with E-state index in [1.165, 1.54) is 13.5 Å². The average molecular weight is 413 g/mol. The van der Waals surface area contributed by atoms with E-state index in [2.05, 4.69) is 10.6 Å². The van der Waals surface area contributed by atoms with E-state index in [4.69, 9.17) is 21.7 Å². The average Bonchev–Trinajstić information content (AvgIpc) is 2.75. The molecule has 152 valence electrons. The van der Waals surface area contributed by atoms with Crippen molar-refractivity contribution in [1.29, 1.82) is 0 Å². The Kier molecular flexibility index (Phi) is 7.19. The number of benzene rings is 2. The second-order valence-electron chi connectivity index (χ2n) is 6.88. The van der Waals surface area contributed by atoms with Crippen molar-refractivity contribution >= 4 is 34.9 Å². The van der Waals surface area contributed by atoms with Crippen LogP contribution in [0.4, 0.5) is 5.69 Å². The first-order valence-corrected chi connectivity index (χ1v) is 10.0. The summed E-state index contributed by atoms with van der Waals surface area (Å²) in [5, 5.41) is 5.72. The number of anilines is 1. The number of rotatable bonds is 5. The normalized spacial score (nSPS) is 14.0. The molecule has 7 heteroatoms. The monoisotopic (exact) mass is 412 g/mol. The molecule has 29 heavy (non-hydrogen) atoms. The quantitative estimate of drug-likeness (QED) is 0.563. The molecule has 0 aliphatic heterocycles. The van der Waals surface area contributed by atoms with Crippen molar-refractivity contribution in [3.63, 3.8) is 0 Å². The summed E-state index contributed by atoms with van der Waals surface area (Å²) in [5.74, 6) is -0.0568. The van der Waals surface area contributed by atoms with E-state index >= 15 is 0 Å². The number of nitrogens with one attached hydrogen (secondary N) is 2. The highest BCUT2D eigenvalue weighted by molar-refractivity contribution is 7.80. The van der Waals surface area contributed by atoms with Gasteiger partial charge in [0.25, 0.3) is 5.91 Å². The Bertz CT molecular complexity index is 877. The van der Waals surface area contributed by atoms with Gasteiger partial charge >= 0.3 is 5.97 Å². The van der Waals surface area contributed by atoms with Gasteiger partial charge in [-0.05, 0) is 80.4 Å². The number of hydrogen-bond donors (Lipinski definition) is 2. The standard InChI is InChI=1S/C22H24N2O4S/c1-27-19-9-5-6-16(14-19)20(25)24-22(29)23-17-12-10-15(11-13-17)21(26)28-18-7-3-2-4-8-18/h5-6,9-14,18H,2-4,7-8H2,1H3,(H2,23,24,25,29). The van der Waals surface area contributed by atoms with Gasteiger partial charge in [0.1, 0.15) is 11.9 Å². The van der Waals surface area contributed by atoms with E-state index in [9.17, 15) is 9.59 Å². The maximum absolute atomic E-state index is 12.3. The number of thiocarbonyl (C=S) groups is 1. The number of hydrogen-bond acceptors (Lipinski definition) is 5. The van der Waals surface area contributed by atoms with Crippen LogP contribution in [0.15, 0.2) is 48.5 Å². The summed E-state index contributed by atoms with van der Waals surface area (Å²) in [7, 11) is 1.54. The molecule has 2 aromatic carbocycles. The number of methoxy groups -OCH3 is 1. The Morgan fingerprint density at radius 3 is 2.41 bits per heavy atom. The summed E-state index contributed by atoms with van der Waals surface area (Å²) in [4.78, 5) is 24.6. The van der Waals surface area contributed by atoms with Crippen LogP contribution in [0, 0.1) is 0 Å². The van der Waals surface area contributed by atoms with Gasteiger partial charge in [-0.2, -0.15) is 0 Å². The lowest BCUT2D eigenvalue weighted by Crippen LogP contribution is -2.34. The predicted octanol–water partition coefficient (Wildman–Crippen LogP) is 4.31. The van der Waals surface area contributed by atoms with Gasteiger partial charge in [0, 0.05) is 11.3 Å². The zero-order valence-corrected chi connectivity index (χ0v) is 17.1. The number of ether oxygens (including phenoxy) is 2.